The number of hydrogen-bond donors (Lipinski definition) is 0. The Bertz CT molecular complexity index is 549. The van der Waals surface area contributed by atoms with Crippen molar-refractivity contribution in [3.05, 3.63) is 45.9 Å². The molecule has 0 radical (unpaired) electrons. The third-order valence-corrected chi connectivity index (χ3v) is 3.16. The Hall–Kier alpha value is -1.04. The van der Waals surface area contributed by atoms with E-state index in [0.717, 1.165) is 0 Å². The average Bonchev–Trinajstić information content (AvgIpc) is 2.34. The number of pyridine rings is 2. The zero-order valence-electron chi connectivity index (χ0n) is 10.7. The van der Waals surface area contributed by atoms with Crippen LogP contribution in [0.2, 0.25) is 0 Å². The van der Waals surface area contributed by atoms with Gasteiger partial charge in [0, 0.05) is 26.5 Å². The van der Waals surface area contributed by atoms with Crippen molar-refractivity contribution >= 4 is 24.4 Å². The van der Waals surface area contributed by atoms with Gasteiger partial charge in [0.15, 0.2) is 0 Å². The van der Waals surface area contributed by atoms with Crippen molar-refractivity contribution in [3.8, 4) is 11.5 Å². The minimum atomic E-state index is -0.0880. The second-order valence-electron chi connectivity index (χ2n) is 3.58. The van der Waals surface area contributed by atoms with Gasteiger partial charge in [-0.15, -0.1) is 0 Å². The van der Waals surface area contributed by atoms with Gasteiger partial charge in [0.05, 0.1) is 9.28 Å². The van der Waals surface area contributed by atoms with Crippen molar-refractivity contribution in [2.75, 3.05) is 0 Å². The molecule has 0 aliphatic heterocycles. The minimum Gasteiger partial charge on any atom is -0.870 e. The summed E-state index contributed by atoms with van der Waals surface area (Å²) in [6.45, 7) is 0. The number of nitrogens with zero attached hydrogens (tertiary/aromatic N) is 2. The topological polar surface area (TPSA) is 56.0 Å². The third kappa shape index (κ3) is 5.22. The van der Waals surface area contributed by atoms with Crippen LogP contribution < -0.4 is 10.2 Å². The molecule has 0 atom stereocenters. The molecule has 2 aromatic heterocycles. The summed E-state index contributed by atoms with van der Waals surface area (Å²) in [5.41, 5.74) is 0. The minimum absolute atomic E-state index is 0. The molecule has 0 bridgehead atoms. The molecule has 0 fully saturated rings. The number of aromatic nitrogens is 2. The van der Waals surface area contributed by atoms with Crippen molar-refractivity contribution < 1.29 is 29.7 Å². The molecule has 0 aromatic carbocycles. The summed E-state index contributed by atoms with van der Waals surface area (Å²) in [5, 5.41) is 21.4. The zero-order chi connectivity index (χ0) is 13.7. The molecule has 7 heteroatoms. The second-order valence-corrected chi connectivity index (χ2v) is 4.35. The fourth-order valence-electron chi connectivity index (χ4n) is 1.14. The largest absolute Gasteiger partial charge is 2.00 e. The van der Waals surface area contributed by atoms with Crippen LogP contribution >= 0.6 is 24.4 Å². The summed E-state index contributed by atoms with van der Waals surface area (Å²) >= 11 is 9.49. The first-order valence-electron chi connectivity index (χ1n) is 5.09. The molecule has 96 valence electrons. The summed E-state index contributed by atoms with van der Waals surface area (Å²) in [4.78, 5) is 0. The Morgan fingerprint density at radius 2 is 1.16 bits per heavy atom. The van der Waals surface area contributed by atoms with E-state index in [1.54, 1.807) is 47.8 Å². The fourth-order valence-corrected chi connectivity index (χ4v) is 1.40. The van der Waals surface area contributed by atoms with Gasteiger partial charge >= 0.3 is 19.5 Å². The fraction of sp³-hybridized carbons (Fsp3) is 0.167. The zero-order valence-corrected chi connectivity index (χ0v) is 15.3. The van der Waals surface area contributed by atoms with E-state index < -0.39 is 0 Å². The molecule has 4 nitrogen and oxygen atoms in total. The van der Waals surface area contributed by atoms with Gasteiger partial charge in [-0.1, -0.05) is 48.1 Å². The van der Waals surface area contributed by atoms with Crippen LogP contribution in [-0.2, 0) is 33.6 Å². The van der Waals surface area contributed by atoms with Crippen molar-refractivity contribution in [2.45, 2.75) is 0 Å². The Labute approximate surface area is 134 Å². The van der Waals surface area contributed by atoms with Crippen LogP contribution in [0.4, 0.5) is 0 Å². The number of rotatable bonds is 0. The van der Waals surface area contributed by atoms with Gasteiger partial charge in [0.2, 0.25) is 0 Å². The quantitative estimate of drug-likeness (QED) is 0.538. The van der Waals surface area contributed by atoms with E-state index >= 15 is 0 Å². The van der Waals surface area contributed by atoms with E-state index in [-0.39, 0.29) is 31.0 Å². The van der Waals surface area contributed by atoms with E-state index in [0.29, 0.717) is 9.28 Å². The molecule has 19 heavy (non-hydrogen) atoms. The van der Waals surface area contributed by atoms with Crippen LogP contribution in [0, 0.1) is 9.28 Å². The average molecular weight is 346 g/mol. The number of aryl methyl sites for hydroxylation is 2. The Morgan fingerprint density at radius 3 is 1.37 bits per heavy atom. The maximum atomic E-state index is 10.7. The predicted octanol–water partition coefficient (Wildman–Crippen LogP) is 1.65. The van der Waals surface area contributed by atoms with Gasteiger partial charge in [0.1, 0.15) is 0 Å². The SMILES string of the molecule is Cn1cccc([O-])c1=S.Cn1cccc([O-])c1=S.[Zn+2]. The van der Waals surface area contributed by atoms with E-state index in [2.05, 4.69) is 0 Å². The Balaban J connectivity index is 0.000000324. The molecule has 0 saturated carbocycles. The first-order chi connectivity index (χ1) is 8.43. The summed E-state index contributed by atoms with van der Waals surface area (Å²) in [6.07, 6.45) is 3.51. The summed E-state index contributed by atoms with van der Waals surface area (Å²) in [6, 6.07) is 6.28. The van der Waals surface area contributed by atoms with Crippen LogP contribution in [0.3, 0.4) is 0 Å². The molecule has 2 aromatic rings. The van der Waals surface area contributed by atoms with E-state index in [9.17, 15) is 10.2 Å². The van der Waals surface area contributed by atoms with Crippen molar-refractivity contribution in [2.24, 2.45) is 14.1 Å². The third-order valence-electron chi connectivity index (χ3n) is 2.18. The molecular weight excluding hydrogens is 334 g/mol. The molecule has 0 amide bonds. The van der Waals surface area contributed by atoms with Gasteiger partial charge in [-0.3, -0.25) is 0 Å². The van der Waals surface area contributed by atoms with Crippen molar-refractivity contribution in [1.82, 2.24) is 9.13 Å². The summed E-state index contributed by atoms with van der Waals surface area (Å²) < 4.78 is 3.96. The van der Waals surface area contributed by atoms with Crippen LogP contribution in [0.1, 0.15) is 0 Å². The molecule has 0 aliphatic rings. The Kier molecular flexibility index (Phi) is 7.75. The standard InChI is InChI=1S/2C6H7NOS.Zn/c2*1-7-4-2-3-5(8)6(7)9;/h2*2-4,8H,1H3;/q;;+2/p-2. The Morgan fingerprint density at radius 1 is 0.842 bits per heavy atom. The second kappa shape index (κ2) is 8.20. The molecular formula is C12H12N2O2S2Zn. The maximum absolute atomic E-state index is 10.7. The normalized spacial score (nSPS) is 8.95. The van der Waals surface area contributed by atoms with Gasteiger partial charge in [-0.25, -0.2) is 0 Å². The van der Waals surface area contributed by atoms with Crippen LogP contribution in [-0.4, -0.2) is 9.13 Å². The maximum Gasteiger partial charge on any atom is 2.00 e. The monoisotopic (exact) mass is 344 g/mol. The smallest absolute Gasteiger partial charge is 0.870 e. The summed E-state index contributed by atoms with van der Waals surface area (Å²) in [7, 11) is 3.51. The van der Waals surface area contributed by atoms with Gasteiger partial charge in [0.25, 0.3) is 0 Å². The van der Waals surface area contributed by atoms with Gasteiger partial charge in [-0.2, -0.15) is 0 Å². The van der Waals surface area contributed by atoms with Crippen LogP contribution in [0.25, 0.3) is 0 Å². The van der Waals surface area contributed by atoms with E-state index in [1.807, 2.05) is 0 Å². The predicted molar refractivity (Wildman–Crippen MR) is 71.4 cm³/mol. The van der Waals surface area contributed by atoms with Gasteiger partial charge in [-0.05, 0) is 12.1 Å². The van der Waals surface area contributed by atoms with Crippen molar-refractivity contribution in [3.63, 3.8) is 0 Å². The van der Waals surface area contributed by atoms with E-state index in [4.69, 9.17) is 24.4 Å². The van der Waals surface area contributed by atoms with Crippen LogP contribution in [0.5, 0.6) is 11.5 Å². The molecule has 0 spiro atoms. The molecule has 2 rings (SSSR count). The molecule has 0 aliphatic carbocycles. The molecule has 2 heterocycles. The van der Waals surface area contributed by atoms with Gasteiger partial charge < -0.3 is 19.3 Å². The number of hydrogen-bond acceptors (Lipinski definition) is 4. The molecule has 0 saturated heterocycles. The molecule has 0 N–H and O–H groups in total. The van der Waals surface area contributed by atoms with E-state index in [1.165, 1.54) is 12.1 Å². The van der Waals surface area contributed by atoms with Crippen molar-refractivity contribution in [1.29, 1.82) is 0 Å². The summed E-state index contributed by atoms with van der Waals surface area (Å²) in [5.74, 6) is -0.176. The first kappa shape index (κ1) is 18.0. The first-order valence-corrected chi connectivity index (χ1v) is 5.90. The molecule has 0 unspecified atom stereocenters. The van der Waals surface area contributed by atoms with Crippen LogP contribution in [0.15, 0.2) is 36.7 Å².